The first kappa shape index (κ1) is 12.9. The third-order valence-electron chi connectivity index (χ3n) is 3.35. The summed E-state index contributed by atoms with van der Waals surface area (Å²) in [6.45, 7) is 1.75. The zero-order valence-electron chi connectivity index (χ0n) is 10.9. The molecule has 0 atom stereocenters. The molecule has 2 N–H and O–H groups in total. The molecule has 0 bridgehead atoms. The first-order valence-electron chi connectivity index (χ1n) is 6.30. The van der Waals surface area contributed by atoms with Crippen molar-refractivity contribution in [2.45, 2.75) is 26.2 Å². The lowest BCUT2D eigenvalue weighted by Gasteiger charge is -2.03. The van der Waals surface area contributed by atoms with Gasteiger partial charge in [0.1, 0.15) is 17.0 Å². The summed E-state index contributed by atoms with van der Waals surface area (Å²) in [4.78, 5) is 24.5. The van der Waals surface area contributed by atoms with E-state index in [0.29, 0.717) is 16.3 Å². The molecule has 5 nitrogen and oxygen atoms in total. The first-order valence-corrected chi connectivity index (χ1v) is 7.12. The second kappa shape index (κ2) is 4.79. The predicted octanol–water partition coefficient (Wildman–Crippen LogP) is 3.09. The fourth-order valence-electron chi connectivity index (χ4n) is 2.46. The number of furan rings is 1. The minimum Gasteiger partial charge on any atom is -0.478 e. The van der Waals surface area contributed by atoms with Crippen LogP contribution in [0.15, 0.2) is 16.7 Å². The van der Waals surface area contributed by atoms with Crippen LogP contribution in [0.4, 0.5) is 5.00 Å². The SMILES string of the molecule is Cc1cc(C(=O)Nc2sc3c(c2C(=O)O)CCC3)co1. The van der Waals surface area contributed by atoms with E-state index in [2.05, 4.69) is 5.32 Å². The molecule has 0 unspecified atom stereocenters. The molecule has 2 heterocycles. The van der Waals surface area contributed by atoms with Gasteiger partial charge in [0, 0.05) is 4.88 Å². The average molecular weight is 291 g/mol. The Hall–Kier alpha value is -2.08. The number of carboxylic acids is 1. The number of aromatic carboxylic acids is 1. The molecule has 2 aromatic heterocycles. The zero-order valence-corrected chi connectivity index (χ0v) is 11.7. The lowest BCUT2D eigenvalue weighted by atomic mass is 10.1. The number of rotatable bonds is 3. The summed E-state index contributed by atoms with van der Waals surface area (Å²) in [5, 5.41) is 12.5. The van der Waals surface area contributed by atoms with Crippen molar-refractivity contribution in [3.8, 4) is 0 Å². The molecule has 0 radical (unpaired) electrons. The molecule has 0 aliphatic heterocycles. The highest BCUT2D eigenvalue weighted by molar-refractivity contribution is 7.17. The van der Waals surface area contributed by atoms with Gasteiger partial charge in [-0.25, -0.2) is 4.79 Å². The number of amides is 1. The van der Waals surface area contributed by atoms with Gasteiger partial charge in [-0.15, -0.1) is 11.3 Å². The maximum atomic E-state index is 12.1. The van der Waals surface area contributed by atoms with E-state index in [0.717, 1.165) is 29.7 Å². The number of carbonyl (C=O) groups is 2. The van der Waals surface area contributed by atoms with Gasteiger partial charge in [-0.05, 0) is 37.8 Å². The highest BCUT2D eigenvalue weighted by Gasteiger charge is 2.27. The normalized spacial score (nSPS) is 13.2. The van der Waals surface area contributed by atoms with Crippen LogP contribution in [0.1, 0.15) is 43.3 Å². The van der Waals surface area contributed by atoms with Crippen LogP contribution < -0.4 is 5.32 Å². The molecule has 1 aliphatic carbocycles. The highest BCUT2D eigenvalue weighted by atomic mass is 32.1. The van der Waals surface area contributed by atoms with Crippen molar-refractivity contribution in [1.29, 1.82) is 0 Å². The topological polar surface area (TPSA) is 79.5 Å². The molecule has 20 heavy (non-hydrogen) atoms. The van der Waals surface area contributed by atoms with E-state index in [4.69, 9.17) is 4.42 Å². The zero-order chi connectivity index (χ0) is 14.3. The van der Waals surface area contributed by atoms with E-state index in [1.54, 1.807) is 13.0 Å². The molecular formula is C14H13NO4S. The van der Waals surface area contributed by atoms with Crippen molar-refractivity contribution < 1.29 is 19.1 Å². The molecule has 1 aliphatic rings. The number of thiophene rings is 1. The summed E-state index contributed by atoms with van der Waals surface area (Å²) in [5.41, 5.74) is 1.52. The van der Waals surface area contributed by atoms with Crippen LogP contribution in [0.5, 0.6) is 0 Å². The van der Waals surface area contributed by atoms with Crippen molar-refractivity contribution in [3.63, 3.8) is 0 Å². The summed E-state index contributed by atoms with van der Waals surface area (Å²) >= 11 is 1.36. The van der Waals surface area contributed by atoms with E-state index < -0.39 is 5.97 Å². The third-order valence-corrected chi connectivity index (χ3v) is 4.56. The molecule has 6 heteroatoms. The molecule has 2 aromatic rings. The van der Waals surface area contributed by atoms with Gasteiger partial charge in [-0.3, -0.25) is 4.79 Å². The summed E-state index contributed by atoms with van der Waals surface area (Å²) < 4.78 is 5.09. The minimum absolute atomic E-state index is 0.246. The molecule has 0 aromatic carbocycles. The van der Waals surface area contributed by atoms with Gasteiger partial charge >= 0.3 is 5.97 Å². The minimum atomic E-state index is -0.983. The number of hydrogen-bond donors (Lipinski definition) is 2. The molecule has 0 saturated carbocycles. The summed E-state index contributed by atoms with van der Waals surface area (Å²) in [6, 6.07) is 1.62. The Morgan fingerprint density at radius 1 is 1.40 bits per heavy atom. The largest absolute Gasteiger partial charge is 0.478 e. The highest BCUT2D eigenvalue weighted by Crippen LogP contribution is 2.39. The Morgan fingerprint density at radius 3 is 2.85 bits per heavy atom. The molecule has 104 valence electrons. The van der Waals surface area contributed by atoms with Gasteiger partial charge in [-0.2, -0.15) is 0 Å². The van der Waals surface area contributed by atoms with Crippen LogP contribution in [0, 0.1) is 6.92 Å². The predicted molar refractivity (Wildman–Crippen MR) is 74.7 cm³/mol. The Balaban J connectivity index is 1.91. The average Bonchev–Trinajstić information content (AvgIpc) is 3.03. The fraction of sp³-hybridized carbons (Fsp3) is 0.286. The number of anilines is 1. The molecule has 0 fully saturated rings. The van der Waals surface area contributed by atoms with Crippen LogP contribution in [0.3, 0.4) is 0 Å². The van der Waals surface area contributed by atoms with Gasteiger partial charge in [-0.1, -0.05) is 0 Å². The second-order valence-electron chi connectivity index (χ2n) is 4.77. The molecule has 0 saturated heterocycles. The monoisotopic (exact) mass is 291 g/mol. The molecule has 1 amide bonds. The molecular weight excluding hydrogens is 278 g/mol. The van der Waals surface area contributed by atoms with Crippen LogP contribution in [0.25, 0.3) is 0 Å². The Morgan fingerprint density at radius 2 is 2.20 bits per heavy atom. The van der Waals surface area contributed by atoms with Gasteiger partial charge in [0.05, 0.1) is 11.1 Å². The lowest BCUT2D eigenvalue weighted by molar-refractivity contribution is 0.0697. The smallest absolute Gasteiger partial charge is 0.339 e. The van der Waals surface area contributed by atoms with Gasteiger partial charge in [0.15, 0.2) is 0 Å². The maximum Gasteiger partial charge on any atom is 0.339 e. The fourth-order valence-corrected chi connectivity index (χ4v) is 3.73. The van der Waals surface area contributed by atoms with Gasteiger partial charge in [0.25, 0.3) is 5.91 Å². The van der Waals surface area contributed by atoms with Crippen molar-refractivity contribution in [1.82, 2.24) is 0 Å². The molecule has 3 rings (SSSR count). The summed E-state index contributed by atoms with van der Waals surface area (Å²) in [5.74, 6) is -0.686. The number of carbonyl (C=O) groups excluding carboxylic acids is 1. The maximum absolute atomic E-state index is 12.1. The van der Waals surface area contributed by atoms with Crippen LogP contribution >= 0.6 is 11.3 Å². The Labute approximate surface area is 119 Å². The van der Waals surface area contributed by atoms with E-state index in [-0.39, 0.29) is 11.5 Å². The number of carboxylic acid groups (broad SMARTS) is 1. The van der Waals surface area contributed by atoms with Crippen molar-refractivity contribution in [2.24, 2.45) is 0 Å². The van der Waals surface area contributed by atoms with E-state index in [1.165, 1.54) is 17.6 Å². The van der Waals surface area contributed by atoms with Gasteiger partial charge < -0.3 is 14.8 Å². The summed E-state index contributed by atoms with van der Waals surface area (Å²) in [7, 11) is 0. The second-order valence-corrected chi connectivity index (χ2v) is 5.87. The summed E-state index contributed by atoms with van der Waals surface area (Å²) in [6.07, 6.45) is 4.01. The molecule has 0 spiro atoms. The van der Waals surface area contributed by atoms with Crippen LogP contribution in [-0.4, -0.2) is 17.0 Å². The standard InChI is InChI=1S/C14H13NO4S/c1-7-5-8(6-19-7)12(16)15-13-11(14(17)18)9-3-2-4-10(9)20-13/h5-6H,2-4H2,1H3,(H,15,16)(H,17,18). The van der Waals surface area contributed by atoms with Crippen molar-refractivity contribution >= 4 is 28.2 Å². The lowest BCUT2D eigenvalue weighted by Crippen LogP contribution is -2.13. The number of fused-ring (bicyclic) bond motifs is 1. The van der Waals surface area contributed by atoms with Crippen molar-refractivity contribution in [3.05, 3.63) is 39.7 Å². The number of hydrogen-bond acceptors (Lipinski definition) is 4. The number of aryl methyl sites for hydroxylation is 2. The number of nitrogens with one attached hydrogen (secondary N) is 1. The van der Waals surface area contributed by atoms with Crippen LogP contribution in [0.2, 0.25) is 0 Å². The third kappa shape index (κ3) is 2.12. The Bertz CT molecular complexity index is 698. The first-order chi connectivity index (χ1) is 9.56. The Kier molecular flexibility index (Phi) is 3.10. The van der Waals surface area contributed by atoms with Crippen LogP contribution in [-0.2, 0) is 12.8 Å². The van der Waals surface area contributed by atoms with Gasteiger partial charge in [0.2, 0.25) is 0 Å². The van der Waals surface area contributed by atoms with E-state index in [1.807, 2.05) is 0 Å². The van der Waals surface area contributed by atoms with E-state index in [9.17, 15) is 14.7 Å². The quantitative estimate of drug-likeness (QED) is 0.910. The van der Waals surface area contributed by atoms with E-state index >= 15 is 0 Å². The van der Waals surface area contributed by atoms with Crippen molar-refractivity contribution in [2.75, 3.05) is 5.32 Å².